The van der Waals surface area contributed by atoms with Gasteiger partial charge in [0.15, 0.2) is 0 Å². The minimum absolute atomic E-state index is 0.0180. The summed E-state index contributed by atoms with van der Waals surface area (Å²) in [6, 6.07) is 19.1. The van der Waals surface area contributed by atoms with Crippen LogP contribution in [0.4, 0.5) is 4.79 Å². The van der Waals surface area contributed by atoms with E-state index >= 15 is 0 Å². The van der Waals surface area contributed by atoms with Crippen molar-refractivity contribution in [2.45, 2.75) is 51.9 Å². The Balaban J connectivity index is 1.52. The van der Waals surface area contributed by atoms with Crippen molar-refractivity contribution in [2.24, 2.45) is 5.92 Å². The van der Waals surface area contributed by atoms with E-state index in [0.29, 0.717) is 26.1 Å². The van der Waals surface area contributed by atoms with Gasteiger partial charge >= 0.3 is 6.03 Å². The highest BCUT2D eigenvalue weighted by Crippen LogP contribution is 2.29. The molecule has 0 radical (unpaired) electrons. The Hall–Kier alpha value is -3.39. The van der Waals surface area contributed by atoms with Crippen LogP contribution in [-0.2, 0) is 22.6 Å². The summed E-state index contributed by atoms with van der Waals surface area (Å²) < 4.78 is 0. The van der Waals surface area contributed by atoms with Crippen LogP contribution in [0.15, 0.2) is 60.7 Å². The van der Waals surface area contributed by atoms with E-state index in [1.54, 1.807) is 22.0 Å². The highest BCUT2D eigenvalue weighted by molar-refractivity contribution is 5.91. The molecule has 2 aromatic carbocycles. The van der Waals surface area contributed by atoms with E-state index in [2.05, 4.69) is 31.3 Å². The summed E-state index contributed by atoms with van der Waals surface area (Å²) in [7, 11) is 1.75. The molecule has 2 heterocycles. The third-order valence-electron chi connectivity index (χ3n) is 6.87. The summed E-state index contributed by atoms with van der Waals surface area (Å²) >= 11 is 0. The molecule has 0 spiro atoms. The molecular weight excluding hydrogens is 454 g/mol. The smallest absolute Gasteiger partial charge is 0.334 e. The zero-order valence-corrected chi connectivity index (χ0v) is 21.5. The number of piperazine rings is 1. The maximum Gasteiger partial charge on any atom is 0.334 e. The molecule has 0 unspecified atom stereocenters. The number of nitrogens with zero attached hydrogens (tertiary/aromatic N) is 4. The Morgan fingerprint density at radius 3 is 2.28 bits per heavy atom. The van der Waals surface area contributed by atoms with Crippen LogP contribution >= 0.6 is 0 Å². The average Bonchev–Trinajstić information content (AvgIpc) is 2.86. The molecule has 192 valence electrons. The molecular formula is C28H37N5O3. The number of carbonyl (C=O) groups is 3. The first-order valence-electron chi connectivity index (χ1n) is 12.8. The number of amides is 4. The number of hydrogen-bond acceptors (Lipinski definition) is 4. The Kier molecular flexibility index (Phi) is 8.25. The zero-order chi connectivity index (χ0) is 25.7. The summed E-state index contributed by atoms with van der Waals surface area (Å²) in [4.78, 5) is 43.7. The quantitative estimate of drug-likeness (QED) is 0.616. The maximum absolute atomic E-state index is 13.6. The Morgan fingerprint density at radius 2 is 1.64 bits per heavy atom. The van der Waals surface area contributed by atoms with E-state index in [1.807, 2.05) is 53.4 Å². The van der Waals surface area contributed by atoms with Gasteiger partial charge in [-0.2, -0.15) is 0 Å². The Bertz CT molecular complexity index is 1050. The molecule has 2 fully saturated rings. The lowest BCUT2D eigenvalue weighted by atomic mass is 9.97. The molecule has 2 aliphatic heterocycles. The van der Waals surface area contributed by atoms with E-state index in [4.69, 9.17) is 0 Å². The third-order valence-corrected chi connectivity index (χ3v) is 6.87. The summed E-state index contributed by atoms with van der Waals surface area (Å²) in [5, 5.41) is 6.29. The number of urea groups is 1. The van der Waals surface area contributed by atoms with Crippen LogP contribution < -0.4 is 5.32 Å². The van der Waals surface area contributed by atoms with Crippen molar-refractivity contribution in [3.8, 4) is 0 Å². The van der Waals surface area contributed by atoms with Crippen LogP contribution in [0.1, 0.15) is 37.8 Å². The molecule has 2 aromatic rings. The highest BCUT2D eigenvalue weighted by Gasteiger charge is 2.50. The predicted octanol–water partition coefficient (Wildman–Crippen LogP) is 3.10. The van der Waals surface area contributed by atoms with Gasteiger partial charge in [-0.05, 0) is 36.3 Å². The molecule has 2 aliphatic rings. The predicted molar refractivity (Wildman–Crippen MR) is 138 cm³/mol. The number of carbonyl (C=O) groups excluding carboxylic acids is 3. The van der Waals surface area contributed by atoms with Crippen LogP contribution in [0.3, 0.4) is 0 Å². The molecule has 8 heteroatoms. The first-order chi connectivity index (χ1) is 17.3. The first kappa shape index (κ1) is 25.7. The van der Waals surface area contributed by atoms with Crippen LogP contribution in [0.25, 0.3) is 0 Å². The number of nitrogens with one attached hydrogen (secondary N) is 1. The second-order valence-electron chi connectivity index (χ2n) is 10.1. The molecule has 0 aliphatic carbocycles. The normalized spacial score (nSPS) is 20.6. The summed E-state index contributed by atoms with van der Waals surface area (Å²) in [6.45, 7) is 5.45. The number of aryl methyl sites for hydroxylation is 1. The maximum atomic E-state index is 13.6. The molecule has 36 heavy (non-hydrogen) atoms. The second kappa shape index (κ2) is 11.6. The van der Waals surface area contributed by atoms with E-state index in [9.17, 15) is 14.4 Å². The van der Waals surface area contributed by atoms with Crippen molar-refractivity contribution in [1.82, 2.24) is 25.1 Å². The fourth-order valence-corrected chi connectivity index (χ4v) is 5.15. The van der Waals surface area contributed by atoms with Gasteiger partial charge in [-0.15, -0.1) is 0 Å². The Labute approximate surface area is 213 Å². The largest absolute Gasteiger partial charge is 0.337 e. The number of likely N-dealkylation sites (N-methyl/N-ethyl adjacent to an activating group) is 1. The van der Waals surface area contributed by atoms with Gasteiger partial charge in [0.2, 0.25) is 11.8 Å². The molecule has 8 nitrogen and oxygen atoms in total. The topological polar surface area (TPSA) is 76.2 Å². The summed E-state index contributed by atoms with van der Waals surface area (Å²) in [5.74, 6) is 0.102. The van der Waals surface area contributed by atoms with Crippen molar-refractivity contribution < 1.29 is 14.4 Å². The van der Waals surface area contributed by atoms with Crippen LogP contribution in [-0.4, -0.2) is 76.6 Å². The minimum Gasteiger partial charge on any atom is -0.337 e. The molecule has 0 saturated carbocycles. The van der Waals surface area contributed by atoms with Gasteiger partial charge in [0.05, 0.1) is 13.1 Å². The van der Waals surface area contributed by atoms with Gasteiger partial charge in [-0.1, -0.05) is 74.5 Å². The van der Waals surface area contributed by atoms with E-state index in [-0.39, 0.29) is 30.3 Å². The summed E-state index contributed by atoms with van der Waals surface area (Å²) in [6.07, 6.45) is 1.72. The van der Waals surface area contributed by atoms with Crippen molar-refractivity contribution in [3.05, 3.63) is 71.8 Å². The lowest BCUT2D eigenvalue weighted by molar-refractivity contribution is -0.188. The van der Waals surface area contributed by atoms with Gasteiger partial charge in [-0.25, -0.2) is 14.8 Å². The van der Waals surface area contributed by atoms with Crippen LogP contribution in [0, 0.1) is 5.92 Å². The summed E-state index contributed by atoms with van der Waals surface area (Å²) in [5.41, 5.74) is 2.23. The van der Waals surface area contributed by atoms with Crippen molar-refractivity contribution in [3.63, 3.8) is 0 Å². The van der Waals surface area contributed by atoms with E-state index in [1.165, 1.54) is 5.56 Å². The van der Waals surface area contributed by atoms with Crippen molar-refractivity contribution >= 4 is 17.8 Å². The van der Waals surface area contributed by atoms with Gasteiger partial charge in [0.25, 0.3) is 0 Å². The lowest BCUT2D eigenvalue weighted by Gasteiger charge is -2.54. The molecule has 2 atom stereocenters. The van der Waals surface area contributed by atoms with E-state index in [0.717, 1.165) is 18.4 Å². The van der Waals surface area contributed by atoms with Crippen LogP contribution in [0.5, 0.6) is 0 Å². The number of benzene rings is 2. The SMILES string of the molecule is CC(C)C[C@H]1C(=O)N(CCCc2ccccc2)C[C@H]2N1C(=O)CN(C)N2C(=O)NCc1ccccc1. The molecule has 1 N–H and O–H groups in total. The van der Waals surface area contributed by atoms with Crippen LogP contribution in [0.2, 0.25) is 0 Å². The fraction of sp³-hybridized carbons (Fsp3) is 0.464. The monoisotopic (exact) mass is 491 g/mol. The number of fused-ring (bicyclic) bond motifs is 1. The molecule has 0 aromatic heterocycles. The van der Waals surface area contributed by atoms with Crippen molar-refractivity contribution in [2.75, 3.05) is 26.7 Å². The van der Waals surface area contributed by atoms with Gasteiger partial charge in [0.1, 0.15) is 12.2 Å². The number of rotatable bonds is 8. The molecule has 2 saturated heterocycles. The molecule has 4 amide bonds. The standard InChI is InChI=1S/C28H37N5O3/c1-21(2)17-24-27(35)31(16-10-15-22-11-6-4-7-12-22)19-25-32(24)26(34)20-30(3)33(25)28(36)29-18-23-13-8-5-9-14-23/h4-9,11-14,21,24-25H,10,15-20H2,1-3H3,(H,29,36)/t24-,25-/m0/s1. The number of hydrazine groups is 1. The van der Waals surface area contributed by atoms with E-state index < -0.39 is 12.2 Å². The lowest BCUT2D eigenvalue weighted by Crippen LogP contribution is -2.76. The molecule has 4 rings (SSSR count). The third kappa shape index (κ3) is 5.87. The fourth-order valence-electron chi connectivity index (χ4n) is 5.15. The average molecular weight is 492 g/mol. The second-order valence-corrected chi connectivity index (χ2v) is 10.1. The minimum atomic E-state index is -0.564. The Morgan fingerprint density at radius 1 is 1.00 bits per heavy atom. The highest BCUT2D eigenvalue weighted by atomic mass is 16.2. The van der Waals surface area contributed by atoms with Gasteiger partial charge in [-0.3, -0.25) is 9.59 Å². The first-order valence-corrected chi connectivity index (χ1v) is 12.8. The zero-order valence-electron chi connectivity index (χ0n) is 21.5. The van der Waals surface area contributed by atoms with Gasteiger partial charge in [0, 0.05) is 20.1 Å². The van der Waals surface area contributed by atoms with Crippen molar-refractivity contribution in [1.29, 1.82) is 0 Å². The molecule has 0 bridgehead atoms. The number of hydrogen-bond donors (Lipinski definition) is 1. The van der Waals surface area contributed by atoms with Gasteiger partial charge < -0.3 is 15.1 Å².